The van der Waals surface area contributed by atoms with Gasteiger partial charge in [0, 0.05) is 5.69 Å². The van der Waals surface area contributed by atoms with Crippen LogP contribution in [0.1, 0.15) is 42.4 Å². The topological polar surface area (TPSA) is 51.2 Å². The average Bonchev–Trinajstić information content (AvgIpc) is 2.96. The number of nitrogens with zero attached hydrogens (tertiary/aromatic N) is 1. The van der Waals surface area contributed by atoms with Gasteiger partial charge in [0.25, 0.3) is 0 Å². The summed E-state index contributed by atoms with van der Waals surface area (Å²) in [6, 6.07) is 6.28. The lowest BCUT2D eigenvalue weighted by molar-refractivity contribution is 0.0521. The van der Waals surface area contributed by atoms with Crippen molar-refractivity contribution in [1.82, 2.24) is 4.98 Å². The number of hydrogen-bond acceptors (Lipinski definition) is 5. The fourth-order valence-corrected chi connectivity index (χ4v) is 2.87. The number of carbonyl (C=O) groups is 1. The van der Waals surface area contributed by atoms with Crippen LogP contribution in [0.25, 0.3) is 0 Å². The van der Waals surface area contributed by atoms with Gasteiger partial charge < -0.3 is 10.1 Å². The summed E-state index contributed by atoms with van der Waals surface area (Å²) in [6.07, 6.45) is 1.87. The molecule has 21 heavy (non-hydrogen) atoms. The van der Waals surface area contributed by atoms with Crippen LogP contribution in [0.2, 0.25) is 0 Å². The standard InChI is InChI=1S/C16H20N2O2S/c1-4-11-8-7-9-12(5-2)13(11)18-15-14(17-10-21-15)16(19)20-6-3/h7-10,18H,4-6H2,1-3H3. The molecule has 0 saturated carbocycles. The third-order valence-corrected chi connectivity index (χ3v) is 4.02. The van der Waals surface area contributed by atoms with E-state index in [4.69, 9.17) is 4.74 Å². The van der Waals surface area contributed by atoms with E-state index in [1.165, 1.54) is 22.5 Å². The molecule has 1 aromatic carbocycles. The fraction of sp³-hybridized carbons (Fsp3) is 0.375. The molecule has 0 aliphatic carbocycles. The van der Waals surface area contributed by atoms with Crippen molar-refractivity contribution in [2.45, 2.75) is 33.6 Å². The molecule has 2 rings (SSSR count). The lowest BCUT2D eigenvalue weighted by atomic mass is 10.0. The Balaban J connectivity index is 2.35. The molecule has 5 heteroatoms. The first-order valence-electron chi connectivity index (χ1n) is 7.19. The number of thiazole rings is 1. The minimum atomic E-state index is -0.381. The Hall–Kier alpha value is -1.88. The minimum Gasteiger partial charge on any atom is -0.461 e. The molecule has 0 bridgehead atoms. The van der Waals surface area contributed by atoms with E-state index >= 15 is 0 Å². The van der Waals surface area contributed by atoms with E-state index in [1.54, 1.807) is 12.4 Å². The number of aromatic nitrogens is 1. The second-order valence-electron chi connectivity index (χ2n) is 4.53. The summed E-state index contributed by atoms with van der Waals surface area (Å²) in [5, 5.41) is 4.13. The molecular formula is C16H20N2O2S. The predicted molar refractivity (Wildman–Crippen MR) is 86.6 cm³/mol. The Kier molecular flexibility index (Phi) is 5.33. The molecule has 0 saturated heterocycles. The number of rotatable bonds is 6. The highest BCUT2D eigenvalue weighted by Gasteiger charge is 2.17. The van der Waals surface area contributed by atoms with Gasteiger partial charge in [-0.2, -0.15) is 0 Å². The van der Waals surface area contributed by atoms with E-state index < -0.39 is 0 Å². The summed E-state index contributed by atoms with van der Waals surface area (Å²) in [6.45, 7) is 6.39. The van der Waals surface area contributed by atoms with Crippen LogP contribution in [0.5, 0.6) is 0 Å². The van der Waals surface area contributed by atoms with Gasteiger partial charge in [-0.25, -0.2) is 9.78 Å². The molecular weight excluding hydrogens is 284 g/mol. The first-order chi connectivity index (χ1) is 10.2. The molecule has 1 heterocycles. The Labute approximate surface area is 129 Å². The van der Waals surface area contributed by atoms with Gasteiger partial charge in [0.2, 0.25) is 0 Å². The maximum Gasteiger partial charge on any atom is 0.360 e. The van der Waals surface area contributed by atoms with Crippen molar-refractivity contribution in [2.75, 3.05) is 11.9 Å². The van der Waals surface area contributed by atoms with Crippen molar-refractivity contribution in [2.24, 2.45) is 0 Å². The van der Waals surface area contributed by atoms with Gasteiger partial charge in [0.05, 0.1) is 12.1 Å². The normalized spacial score (nSPS) is 10.4. The average molecular weight is 304 g/mol. The van der Waals surface area contributed by atoms with Crippen LogP contribution in [0, 0.1) is 0 Å². The molecule has 0 aliphatic heterocycles. The Morgan fingerprint density at radius 3 is 2.48 bits per heavy atom. The number of para-hydroxylation sites is 1. The molecule has 0 aliphatic rings. The molecule has 1 aromatic heterocycles. The van der Waals surface area contributed by atoms with E-state index in [2.05, 4.69) is 42.3 Å². The highest BCUT2D eigenvalue weighted by Crippen LogP contribution is 2.30. The van der Waals surface area contributed by atoms with Gasteiger partial charge in [-0.15, -0.1) is 11.3 Å². The van der Waals surface area contributed by atoms with Crippen LogP contribution < -0.4 is 5.32 Å². The molecule has 0 spiro atoms. The second kappa shape index (κ2) is 7.22. The molecule has 4 nitrogen and oxygen atoms in total. The zero-order chi connectivity index (χ0) is 15.2. The number of aryl methyl sites for hydroxylation is 2. The van der Waals surface area contributed by atoms with Crippen LogP contribution in [0.15, 0.2) is 23.7 Å². The van der Waals surface area contributed by atoms with Crippen molar-refractivity contribution in [3.8, 4) is 0 Å². The summed E-state index contributed by atoms with van der Waals surface area (Å²) < 4.78 is 5.04. The number of anilines is 2. The third kappa shape index (κ3) is 3.42. The number of nitrogens with one attached hydrogen (secondary N) is 1. The van der Waals surface area contributed by atoms with Crippen LogP contribution in [0.4, 0.5) is 10.7 Å². The highest BCUT2D eigenvalue weighted by atomic mass is 32.1. The van der Waals surface area contributed by atoms with Gasteiger partial charge in [-0.3, -0.25) is 0 Å². The SMILES string of the molecule is CCOC(=O)c1ncsc1Nc1c(CC)cccc1CC. The Bertz CT molecular complexity index is 600. The summed E-state index contributed by atoms with van der Waals surface area (Å²) >= 11 is 1.41. The molecule has 0 amide bonds. The second-order valence-corrected chi connectivity index (χ2v) is 5.39. The van der Waals surface area contributed by atoms with Crippen LogP contribution in [0.3, 0.4) is 0 Å². The van der Waals surface area contributed by atoms with E-state index in [0.29, 0.717) is 12.3 Å². The first kappa shape index (κ1) is 15.5. The number of benzene rings is 1. The Morgan fingerprint density at radius 2 is 1.90 bits per heavy atom. The van der Waals surface area contributed by atoms with Gasteiger partial charge in [-0.1, -0.05) is 32.0 Å². The van der Waals surface area contributed by atoms with E-state index in [9.17, 15) is 4.79 Å². The molecule has 2 aromatic rings. The van der Waals surface area contributed by atoms with E-state index in [-0.39, 0.29) is 5.97 Å². The summed E-state index contributed by atoms with van der Waals surface area (Å²) in [5.41, 5.74) is 5.57. The molecule has 0 radical (unpaired) electrons. The minimum absolute atomic E-state index is 0.349. The van der Waals surface area contributed by atoms with E-state index in [1.807, 2.05) is 0 Å². The lowest BCUT2D eigenvalue weighted by Gasteiger charge is -2.14. The monoisotopic (exact) mass is 304 g/mol. The zero-order valence-electron chi connectivity index (χ0n) is 12.6. The van der Waals surface area contributed by atoms with Crippen LogP contribution >= 0.6 is 11.3 Å². The number of esters is 1. The Morgan fingerprint density at radius 1 is 1.24 bits per heavy atom. The van der Waals surface area contributed by atoms with E-state index in [0.717, 1.165) is 23.5 Å². The maximum absolute atomic E-state index is 11.9. The van der Waals surface area contributed by atoms with Gasteiger partial charge in [-0.05, 0) is 30.9 Å². The van der Waals surface area contributed by atoms with Gasteiger partial charge in [0.1, 0.15) is 5.00 Å². The largest absolute Gasteiger partial charge is 0.461 e. The van der Waals surface area contributed by atoms with Crippen molar-refractivity contribution >= 4 is 28.0 Å². The number of hydrogen-bond donors (Lipinski definition) is 1. The third-order valence-electron chi connectivity index (χ3n) is 3.27. The van der Waals surface area contributed by atoms with Gasteiger partial charge >= 0.3 is 5.97 Å². The number of ether oxygens (including phenoxy) is 1. The molecule has 1 N–H and O–H groups in total. The fourth-order valence-electron chi connectivity index (χ4n) is 2.20. The first-order valence-corrected chi connectivity index (χ1v) is 8.07. The van der Waals surface area contributed by atoms with Crippen molar-refractivity contribution in [3.63, 3.8) is 0 Å². The quantitative estimate of drug-likeness (QED) is 0.813. The molecule has 0 unspecified atom stereocenters. The molecule has 0 atom stereocenters. The smallest absolute Gasteiger partial charge is 0.360 e. The van der Waals surface area contributed by atoms with Crippen molar-refractivity contribution in [3.05, 3.63) is 40.5 Å². The summed E-state index contributed by atoms with van der Waals surface area (Å²) in [4.78, 5) is 16.0. The van der Waals surface area contributed by atoms with Crippen LogP contribution in [-0.4, -0.2) is 17.6 Å². The molecule has 112 valence electrons. The van der Waals surface area contributed by atoms with Crippen LogP contribution in [-0.2, 0) is 17.6 Å². The van der Waals surface area contributed by atoms with Gasteiger partial charge in [0.15, 0.2) is 5.69 Å². The zero-order valence-corrected chi connectivity index (χ0v) is 13.4. The summed E-state index contributed by atoms with van der Waals surface area (Å²) in [7, 11) is 0. The van der Waals surface area contributed by atoms with Crippen molar-refractivity contribution < 1.29 is 9.53 Å². The highest BCUT2D eigenvalue weighted by molar-refractivity contribution is 7.14. The predicted octanol–water partition coefficient (Wildman–Crippen LogP) is 4.19. The lowest BCUT2D eigenvalue weighted by Crippen LogP contribution is -2.08. The summed E-state index contributed by atoms with van der Waals surface area (Å²) in [5.74, 6) is -0.381. The maximum atomic E-state index is 11.9. The molecule has 0 fully saturated rings. The number of carbonyl (C=O) groups excluding carboxylic acids is 1. The van der Waals surface area contributed by atoms with Crippen molar-refractivity contribution in [1.29, 1.82) is 0 Å².